The van der Waals surface area contributed by atoms with Crippen molar-refractivity contribution in [3.8, 4) is 5.75 Å². The van der Waals surface area contributed by atoms with E-state index in [1.165, 1.54) is 5.56 Å². The van der Waals surface area contributed by atoms with E-state index in [-0.39, 0.29) is 6.10 Å². The number of methoxy groups -OCH3 is 1. The molecule has 1 aliphatic rings. The van der Waals surface area contributed by atoms with E-state index in [0.717, 1.165) is 25.4 Å². The highest BCUT2D eigenvalue weighted by molar-refractivity contribution is 5.28. The molecule has 0 amide bonds. The maximum absolute atomic E-state index is 5.73. The predicted octanol–water partition coefficient (Wildman–Crippen LogP) is 1.70. The number of ether oxygens (including phenoxy) is 2. The van der Waals surface area contributed by atoms with Crippen LogP contribution < -0.4 is 4.74 Å². The smallest absolute Gasteiger partial charge is 0.118 e. The number of likely N-dealkylation sites (N-methyl/N-ethyl adjacent to an activating group) is 1. The second-order valence-corrected chi connectivity index (χ2v) is 3.89. The molecule has 3 heteroatoms. The molecule has 3 nitrogen and oxygen atoms in total. The largest absolute Gasteiger partial charge is 0.497 e. The lowest BCUT2D eigenvalue weighted by Crippen LogP contribution is -2.35. The number of benzene rings is 1. The third kappa shape index (κ3) is 2.49. The van der Waals surface area contributed by atoms with E-state index in [4.69, 9.17) is 9.47 Å². The van der Waals surface area contributed by atoms with Crippen molar-refractivity contribution in [1.29, 1.82) is 0 Å². The van der Waals surface area contributed by atoms with Crippen molar-refractivity contribution >= 4 is 0 Å². The molecule has 0 aliphatic carbocycles. The number of nitrogens with zero attached hydrogens (tertiary/aromatic N) is 1. The van der Waals surface area contributed by atoms with E-state index in [2.05, 4.69) is 24.1 Å². The Balaban J connectivity index is 2.07. The summed E-state index contributed by atoms with van der Waals surface area (Å²) in [7, 11) is 3.80. The van der Waals surface area contributed by atoms with Gasteiger partial charge in [-0.3, -0.25) is 0 Å². The lowest BCUT2D eigenvalue weighted by atomic mass is 10.1. The maximum atomic E-state index is 5.73. The molecule has 1 fully saturated rings. The molecule has 1 aliphatic heterocycles. The van der Waals surface area contributed by atoms with Crippen LogP contribution in [0.1, 0.15) is 11.7 Å². The fourth-order valence-corrected chi connectivity index (χ4v) is 1.80. The first-order valence-corrected chi connectivity index (χ1v) is 5.23. The molecule has 2 rings (SSSR count). The zero-order valence-electron chi connectivity index (χ0n) is 9.27. The fourth-order valence-electron chi connectivity index (χ4n) is 1.80. The summed E-state index contributed by atoms with van der Waals surface area (Å²) in [6.07, 6.45) is 0.203. The molecule has 1 saturated heterocycles. The van der Waals surface area contributed by atoms with E-state index in [1.807, 2.05) is 12.1 Å². The second kappa shape index (κ2) is 4.64. The quantitative estimate of drug-likeness (QED) is 0.736. The van der Waals surface area contributed by atoms with Crippen molar-refractivity contribution in [2.75, 3.05) is 33.9 Å². The molecule has 0 radical (unpaired) electrons. The Morgan fingerprint density at radius 3 is 2.67 bits per heavy atom. The van der Waals surface area contributed by atoms with Crippen LogP contribution >= 0.6 is 0 Å². The molecular formula is C12H17NO2. The molecule has 0 aromatic heterocycles. The first-order chi connectivity index (χ1) is 7.29. The van der Waals surface area contributed by atoms with Gasteiger partial charge in [-0.15, -0.1) is 0 Å². The predicted molar refractivity (Wildman–Crippen MR) is 59.2 cm³/mol. The van der Waals surface area contributed by atoms with Crippen LogP contribution in [0.25, 0.3) is 0 Å². The van der Waals surface area contributed by atoms with Crippen LogP contribution in [0, 0.1) is 0 Å². The van der Waals surface area contributed by atoms with Gasteiger partial charge in [-0.05, 0) is 24.7 Å². The van der Waals surface area contributed by atoms with Crippen molar-refractivity contribution in [3.05, 3.63) is 29.8 Å². The summed E-state index contributed by atoms with van der Waals surface area (Å²) < 4.78 is 10.9. The topological polar surface area (TPSA) is 21.7 Å². The van der Waals surface area contributed by atoms with Gasteiger partial charge in [0.05, 0.1) is 19.8 Å². The molecule has 1 aromatic rings. The average molecular weight is 207 g/mol. The van der Waals surface area contributed by atoms with Crippen LogP contribution in [0.2, 0.25) is 0 Å². The third-order valence-electron chi connectivity index (χ3n) is 2.76. The van der Waals surface area contributed by atoms with Gasteiger partial charge in [-0.1, -0.05) is 12.1 Å². The average Bonchev–Trinajstić information content (AvgIpc) is 2.29. The Morgan fingerprint density at radius 2 is 2.07 bits per heavy atom. The summed E-state index contributed by atoms with van der Waals surface area (Å²) in [6.45, 7) is 2.80. The first-order valence-electron chi connectivity index (χ1n) is 5.23. The minimum atomic E-state index is 0.203. The van der Waals surface area contributed by atoms with E-state index in [1.54, 1.807) is 7.11 Å². The van der Waals surface area contributed by atoms with Crippen LogP contribution in [0.3, 0.4) is 0 Å². The van der Waals surface area contributed by atoms with Crippen LogP contribution in [0.5, 0.6) is 5.75 Å². The van der Waals surface area contributed by atoms with Gasteiger partial charge in [0.25, 0.3) is 0 Å². The van der Waals surface area contributed by atoms with Crippen molar-refractivity contribution in [2.45, 2.75) is 6.10 Å². The van der Waals surface area contributed by atoms with Crippen LogP contribution in [-0.2, 0) is 4.74 Å². The number of hydrogen-bond donors (Lipinski definition) is 0. The van der Waals surface area contributed by atoms with E-state index in [9.17, 15) is 0 Å². The monoisotopic (exact) mass is 207 g/mol. The van der Waals surface area contributed by atoms with Crippen molar-refractivity contribution in [1.82, 2.24) is 4.90 Å². The Kier molecular flexibility index (Phi) is 3.23. The molecule has 0 spiro atoms. The summed E-state index contributed by atoms with van der Waals surface area (Å²) in [5, 5.41) is 0. The van der Waals surface area contributed by atoms with E-state index < -0.39 is 0 Å². The highest BCUT2D eigenvalue weighted by Crippen LogP contribution is 2.23. The summed E-state index contributed by atoms with van der Waals surface area (Å²) in [5.41, 5.74) is 1.22. The molecular weight excluding hydrogens is 190 g/mol. The molecule has 0 saturated carbocycles. The molecule has 1 heterocycles. The standard InChI is InChI=1S/C12H17NO2/c1-13-7-8-15-12(9-13)10-3-5-11(14-2)6-4-10/h3-6,12H,7-9H2,1-2H3. The normalized spacial score (nSPS) is 22.7. The van der Waals surface area contributed by atoms with Gasteiger partial charge in [-0.25, -0.2) is 0 Å². The highest BCUT2D eigenvalue weighted by Gasteiger charge is 2.19. The molecule has 0 bridgehead atoms. The summed E-state index contributed by atoms with van der Waals surface area (Å²) in [5.74, 6) is 0.892. The van der Waals surface area contributed by atoms with Crippen LogP contribution in [0.15, 0.2) is 24.3 Å². The highest BCUT2D eigenvalue weighted by atomic mass is 16.5. The Hall–Kier alpha value is -1.06. The van der Waals surface area contributed by atoms with Gasteiger partial charge >= 0.3 is 0 Å². The first kappa shape index (κ1) is 10.5. The third-order valence-corrected chi connectivity index (χ3v) is 2.76. The summed E-state index contributed by atoms with van der Waals surface area (Å²) >= 11 is 0. The molecule has 1 unspecified atom stereocenters. The number of hydrogen-bond acceptors (Lipinski definition) is 3. The summed E-state index contributed by atoms with van der Waals surface area (Å²) in [4.78, 5) is 2.29. The number of rotatable bonds is 2. The zero-order chi connectivity index (χ0) is 10.7. The Morgan fingerprint density at radius 1 is 1.33 bits per heavy atom. The number of morpholine rings is 1. The Labute approximate surface area is 90.6 Å². The van der Waals surface area contributed by atoms with Crippen molar-refractivity contribution in [2.24, 2.45) is 0 Å². The van der Waals surface area contributed by atoms with Gasteiger partial charge in [-0.2, -0.15) is 0 Å². The van der Waals surface area contributed by atoms with E-state index in [0.29, 0.717) is 0 Å². The van der Waals surface area contributed by atoms with Gasteiger partial charge in [0.2, 0.25) is 0 Å². The van der Waals surface area contributed by atoms with Crippen LogP contribution in [-0.4, -0.2) is 38.8 Å². The van der Waals surface area contributed by atoms with Crippen molar-refractivity contribution in [3.63, 3.8) is 0 Å². The molecule has 15 heavy (non-hydrogen) atoms. The lowest BCUT2D eigenvalue weighted by Gasteiger charge is -2.30. The van der Waals surface area contributed by atoms with Gasteiger partial charge in [0, 0.05) is 13.1 Å². The second-order valence-electron chi connectivity index (χ2n) is 3.89. The Bertz CT molecular complexity index is 310. The minimum absolute atomic E-state index is 0.203. The zero-order valence-corrected chi connectivity index (χ0v) is 9.27. The summed E-state index contributed by atoms with van der Waals surface area (Å²) in [6, 6.07) is 8.10. The molecule has 0 N–H and O–H groups in total. The maximum Gasteiger partial charge on any atom is 0.118 e. The molecule has 1 atom stereocenters. The minimum Gasteiger partial charge on any atom is -0.497 e. The molecule has 82 valence electrons. The molecule has 1 aromatic carbocycles. The van der Waals surface area contributed by atoms with Gasteiger partial charge in [0.1, 0.15) is 5.75 Å². The van der Waals surface area contributed by atoms with Gasteiger partial charge < -0.3 is 14.4 Å². The van der Waals surface area contributed by atoms with Crippen molar-refractivity contribution < 1.29 is 9.47 Å². The lowest BCUT2D eigenvalue weighted by molar-refractivity contribution is -0.0209. The van der Waals surface area contributed by atoms with Gasteiger partial charge in [0.15, 0.2) is 0 Å². The fraction of sp³-hybridized carbons (Fsp3) is 0.500. The van der Waals surface area contributed by atoms with Crippen LogP contribution in [0.4, 0.5) is 0 Å². The van der Waals surface area contributed by atoms with E-state index >= 15 is 0 Å². The SMILES string of the molecule is COc1ccc(C2CN(C)CCO2)cc1.